The molecule has 10 heteroatoms. The number of nitrogens with zero attached hydrogens (tertiary/aromatic N) is 6. The molecule has 10 nitrogen and oxygen atoms in total. The molecule has 1 saturated carbocycles. The van der Waals surface area contributed by atoms with E-state index >= 15 is 0 Å². The highest BCUT2D eigenvalue weighted by Gasteiger charge is 2.19. The monoisotopic (exact) mass is 602 g/mol. The van der Waals surface area contributed by atoms with Crippen LogP contribution in [0.5, 0.6) is 23.0 Å². The van der Waals surface area contributed by atoms with E-state index in [4.69, 9.17) is 9.47 Å². The molecule has 6 rings (SSSR count). The molecular weight excluding hydrogens is 568 g/mol. The normalized spacial score (nSPS) is 12.8. The largest absolute Gasteiger partial charge is 0.456 e. The van der Waals surface area contributed by atoms with Crippen LogP contribution in [0.2, 0.25) is 0 Å². The zero-order valence-corrected chi connectivity index (χ0v) is 25.1. The maximum absolute atomic E-state index is 12.4. The zero-order chi connectivity index (χ0) is 31.3. The number of hydrogen-bond donors (Lipinski definition) is 0. The van der Waals surface area contributed by atoms with Gasteiger partial charge in [0.2, 0.25) is 0 Å². The summed E-state index contributed by atoms with van der Waals surface area (Å²) in [7, 11) is 0. The lowest BCUT2D eigenvalue weighted by molar-refractivity contribution is 0.0943. The lowest BCUT2D eigenvalue weighted by Gasteiger charge is -2.20. The highest BCUT2D eigenvalue weighted by molar-refractivity contribution is 5.96. The van der Waals surface area contributed by atoms with Crippen molar-refractivity contribution < 1.29 is 19.1 Å². The van der Waals surface area contributed by atoms with Crippen LogP contribution in [0.4, 0.5) is 0 Å². The van der Waals surface area contributed by atoms with Gasteiger partial charge in [0.1, 0.15) is 35.0 Å². The molecule has 0 aliphatic heterocycles. The lowest BCUT2D eigenvalue weighted by atomic mass is 9.85. The number of pyridine rings is 4. The van der Waals surface area contributed by atoms with Gasteiger partial charge >= 0.3 is 0 Å². The van der Waals surface area contributed by atoms with E-state index in [0.717, 1.165) is 24.1 Å². The van der Waals surface area contributed by atoms with Crippen molar-refractivity contribution in [3.05, 3.63) is 121 Å². The Morgan fingerprint density at radius 3 is 2.00 bits per heavy atom. The van der Waals surface area contributed by atoms with E-state index in [-0.39, 0.29) is 18.0 Å². The van der Waals surface area contributed by atoms with Gasteiger partial charge in [-0.25, -0.2) is 9.97 Å². The Hall–Kier alpha value is -5.38. The number of aryl methyl sites for hydroxylation is 1. The summed E-state index contributed by atoms with van der Waals surface area (Å²) >= 11 is 0. The number of ketones is 2. The molecule has 1 aliphatic rings. The highest BCUT2D eigenvalue weighted by Crippen LogP contribution is 2.28. The summed E-state index contributed by atoms with van der Waals surface area (Å²) in [6.07, 6.45) is 19.6. The van der Waals surface area contributed by atoms with Crippen LogP contribution in [0, 0.1) is 12.8 Å². The van der Waals surface area contributed by atoms with Crippen molar-refractivity contribution >= 4 is 11.6 Å². The smallest absolute Gasteiger partial charge is 0.187 e. The van der Waals surface area contributed by atoms with E-state index in [2.05, 4.69) is 29.9 Å². The van der Waals surface area contributed by atoms with Gasteiger partial charge < -0.3 is 9.47 Å². The molecule has 0 amide bonds. The second kappa shape index (κ2) is 15.9. The zero-order valence-electron chi connectivity index (χ0n) is 25.1. The van der Waals surface area contributed by atoms with E-state index in [1.807, 2.05) is 31.2 Å². The average molecular weight is 603 g/mol. The molecule has 45 heavy (non-hydrogen) atoms. The van der Waals surface area contributed by atoms with Crippen molar-refractivity contribution in [2.24, 2.45) is 5.92 Å². The Labute approximate surface area is 262 Å². The number of ether oxygens (including phenoxy) is 2. The van der Waals surface area contributed by atoms with Crippen molar-refractivity contribution in [3.63, 3.8) is 0 Å². The van der Waals surface area contributed by atoms with Crippen molar-refractivity contribution in [1.82, 2.24) is 29.9 Å². The number of carbonyl (C=O) groups is 2. The van der Waals surface area contributed by atoms with Crippen LogP contribution < -0.4 is 9.47 Å². The maximum Gasteiger partial charge on any atom is 0.187 e. The first-order valence-electron chi connectivity index (χ1n) is 14.9. The third-order valence-electron chi connectivity index (χ3n) is 7.19. The topological polar surface area (TPSA) is 130 Å². The minimum absolute atomic E-state index is 0.113. The number of hydrogen-bond acceptors (Lipinski definition) is 10. The van der Waals surface area contributed by atoms with Crippen LogP contribution in [-0.4, -0.2) is 41.5 Å². The highest BCUT2D eigenvalue weighted by atomic mass is 16.5. The minimum Gasteiger partial charge on any atom is -0.456 e. The molecule has 5 heterocycles. The molecule has 0 atom stereocenters. The molecule has 0 aromatic carbocycles. The van der Waals surface area contributed by atoms with Gasteiger partial charge in [-0.15, -0.1) is 0 Å². The van der Waals surface area contributed by atoms with Crippen LogP contribution >= 0.6 is 0 Å². The van der Waals surface area contributed by atoms with Crippen molar-refractivity contribution in [3.8, 4) is 23.0 Å². The fourth-order valence-corrected chi connectivity index (χ4v) is 4.98. The van der Waals surface area contributed by atoms with Crippen LogP contribution in [0.1, 0.15) is 70.8 Å². The summed E-state index contributed by atoms with van der Waals surface area (Å²) < 4.78 is 11.3. The van der Waals surface area contributed by atoms with Gasteiger partial charge in [0.25, 0.3) is 0 Å². The molecule has 1 aliphatic carbocycles. The quantitative estimate of drug-likeness (QED) is 0.151. The number of carbonyl (C=O) groups excluding carboxylic acids is 2. The summed E-state index contributed by atoms with van der Waals surface area (Å²) in [5, 5.41) is 0. The van der Waals surface area contributed by atoms with Gasteiger partial charge in [0, 0.05) is 49.0 Å². The van der Waals surface area contributed by atoms with E-state index < -0.39 is 0 Å². The predicted molar refractivity (Wildman–Crippen MR) is 167 cm³/mol. The Morgan fingerprint density at radius 1 is 0.689 bits per heavy atom. The summed E-state index contributed by atoms with van der Waals surface area (Å²) in [6.45, 7) is 1.96. The fourth-order valence-electron chi connectivity index (χ4n) is 4.98. The molecule has 228 valence electrons. The van der Waals surface area contributed by atoms with Crippen LogP contribution in [0.25, 0.3) is 0 Å². The molecule has 0 spiro atoms. The van der Waals surface area contributed by atoms with E-state index in [1.165, 1.54) is 31.8 Å². The number of aromatic nitrogens is 6. The van der Waals surface area contributed by atoms with Gasteiger partial charge in [0.15, 0.2) is 17.3 Å². The first-order valence-corrected chi connectivity index (χ1v) is 14.9. The fraction of sp³-hybridized carbons (Fsp3) is 0.257. The van der Waals surface area contributed by atoms with Crippen molar-refractivity contribution in [1.29, 1.82) is 0 Å². The van der Waals surface area contributed by atoms with Gasteiger partial charge in [-0.3, -0.25) is 29.5 Å². The number of Topliss-reactive ketones (excluding diaryl/α,β-unsaturated/α-hetero) is 2. The maximum atomic E-state index is 12.4. The third kappa shape index (κ3) is 9.82. The van der Waals surface area contributed by atoms with E-state index in [0.29, 0.717) is 46.7 Å². The van der Waals surface area contributed by atoms with Gasteiger partial charge in [0.05, 0.1) is 25.0 Å². The van der Waals surface area contributed by atoms with Gasteiger partial charge in [-0.1, -0.05) is 32.1 Å². The Kier molecular flexibility index (Phi) is 11.0. The second-order valence-corrected chi connectivity index (χ2v) is 10.8. The van der Waals surface area contributed by atoms with Crippen LogP contribution in [0.3, 0.4) is 0 Å². The molecule has 0 bridgehead atoms. The molecule has 0 unspecified atom stereocenters. The summed E-state index contributed by atoms with van der Waals surface area (Å²) in [4.78, 5) is 49.0. The van der Waals surface area contributed by atoms with Crippen molar-refractivity contribution in [2.75, 3.05) is 0 Å². The number of rotatable bonds is 10. The third-order valence-corrected chi connectivity index (χ3v) is 7.19. The van der Waals surface area contributed by atoms with Crippen molar-refractivity contribution in [2.45, 2.75) is 51.9 Å². The summed E-state index contributed by atoms with van der Waals surface area (Å²) in [5.41, 5.74) is 2.62. The first-order chi connectivity index (χ1) is 22.0. The predicted octanol–water partition coefficient (Wildman–Crippen LogP) is 7.21. The molecule has 5 aromatic heterocycles. The van der Waals surface area contributed by atoms with Gasteiger partial charge in [-0.05, 0) is 54.8 Å². The average Bonchev–Trinajstić information content (AvgIpc) is 3.07. The van der Waals surface area contributed by atoms with Gasteiger partial charge in [-0.2, -0.15) is 0 Å². The Morgan fingerprint density at radius 2 is 1.33 bits per heavy atom. The Balaban J connectivity index is 0.000000178. The van der Waals surface area contributed by atoms with E-state index in [1.54, 1.807) is 61.4 Å². The Bertz CT molecular complexity index is 1700. The SMILES string of the molecule is Cc1ccnc(CC(=O)c2cc(Oc3cncnc3)ccn2)c1.O=C(CC1CCCCC1)c1cc(Oc2cccnc2)ccn1. The molecule has 0 radical (unpaired) electrons. The molecule has 5 aromatic rings. The lowest BCUT2D eigenvalue weighted by Crippen LogP contribution is -2.13. The van der Waals surface area contributed by atoms with Crippen LogP contribution in [0.15, 0.2) is 98.2 Å². The summed E-state index contributed by atoms with van der Waals surface area (Å²) in [5.74, 6) is 2.80. The van der Waals surface area contributed by atoms with Crippen LogP contribution in [-0.2, 0) is 6.42 Å². The van der Waals surface area contributed by atoms with E-state index in [9.17, 15) is 9.59 Å². The minimum atomic E-state index is -0.113. The molecule has 0 N–H and O–H groups in total. The molecule has 0 saturated heterocycles. The first kappa shape index (κ1) is 31.1. The summed E-state index contributed by atoms with van der Waals surface area (Å²) in [6, 6.07) is 14.2. The second-order valence-electron chi connectivity index (χ2n) is 10.8. The molecule has 1 fully saturated rings. The standard InChI is InChI=1S/C18H20N2O2.C17H14N4O2/c21-18(11-14-5-2-1-3-6-14)17-12-15(8-10-20-17)22-16-7-4-9-19-13-16;1-12-2-4-20-13(6-12)7-17(22)16-8-14(3-5-21-16)23-15-9-18-11-19-10-15/h4,7-10,12-14H,1-3,5-6,11H2;2-6,8-11H,7H2,1H3. The molecular formula is C35H34N6O4.